The van der Waals surface area contributed by atoms with Gasteiger partial charge in [0.15, 0.2) is 4.34 Å². The Morgan fingerprint density at radius 3 is 2.82 bits per heavy atom. The van der Waals surface area contributed by atoms with Crippen LogP contribution in [0.1, 0.15) is 39.0 Å². The van der Waals surface area contributed by atoms with Crippen LogP contribution < -0.4 is 15.4 Å². The van der Waals surface area contributed by atoms with Crippen LogP contribution in [0.2, 0.25) is 0 Å². The number of carbonyl (C=O) groups excluding carboxylic acids is 1. The fraction of sp³-hybridized carbons (Fsp3) is 0.450. The summed E-state index contributed by atoms with van der Waals surface area (Å²) in [6.45, 7) is 2.60. The number of rotatable bonds is 9. The zero-order chi connectivity index (χ0) is 19.8. The van der Waals surface area contributed by atoms with E-state index in [2.05, 4.69) is 26.9 Å². The highest BCUT2D eigenvalue weighted by Crippen LogP contribution is 2.30. The third-order valence-electron chi connectivity index (χ3n) is 4.52. The fourth-order valence-electron chi connectivity index (χ4n) is 2.93. The molecule has 1 heterocycles. The normalized spacial score (nSPS) is 14.9. The molecule has 0 bridgehead atoms. The van der Waals surface area contributed by atoms with Gasteiger partial charge in [0.1, 0.15) is 5.75 Å². The molecule has 1 amide bonds. The Bertz CT molecular complexity index is 805. The van der Waals surface area contributed by atoms with Crippen LogP contribution in [0.4, 0.5) is 10.8 Å². The Hall–Kier alpha value is -2.06. The van der Waals surface area contributed by atoms with E-state index < -0.39 is 0 Å². The number of benzene rings is 1. The molecule has 0 aliphatic heterocycles. The van der Waals surface area contributed by atoms with E-state index in [9.17, 15) is 4.79 Å². The van der Waals surface area contributed by atoms with E-state index in [-0.39, 0.29) is 11.2 Å². The maximum atomic E-state index is 12.3. The van der Waals surface area contributed by atoms with Crippen LogP contribution in [0.5, 0.6) is 5.75 Å². The number of ether oxygens (including phenoxy) is 1. The molecule has 2 aromatic rings. The van der Waals surface area contributed by atoms with Crippen molar-refractivity contribution in [3.05, 3.63) is 35.9 Å². The van der Waals surface area contributed by atoms with Crippen molar-refractivity contribution in [1.82, 2.24) is 15.5 Å². The average Bonchev–Trinajstić information content (AvgIpc) is 3.16. The molecule has 0 fully saturated rings. The minimum atomic E-state index is -0.206. The van der Waals surface area contributed by atoms with Gasteiger partial charge in [0.25, 0.3) is 0 Å². The number of methoxy groups -OCH3 is 1. The van der Waals surface area contributed by atoms with Crippen molar-refractivity contribution < 1.29 is 9.53 Å². The van der Waals surface area contributed by atoms with Gasteiger partial charge >= 0.3 is 0 Å². The van der Waals surface area contributed by atoms with Gasteiger partial charge in [0.05, 0.1) is 12.4 Å². The van der Waals surface area contributed by atoms with Crippen LogP contribution in [0.25, 0.3) is 0 Å². The zero-order valence-electron chi connectivity index (χ0n) is 16.2. The van der Waals surface area contributed by atoms with E-state index in [0.29, 0.717) is 11.7 Å². The van der Waals surface area contributed by atoms with Crippen molar-refractivity contribution in [3.8, 4) is 5.75 Å². The van der Waals surface area contributed by atoms with Crippen LogP contribution in [0.3, 0.4) is 0 Å². The van der Waals surface area contributed by atoms with Crippen molar-refractivity contribution in [2.24, 2.45) is 0 Å². The molecule has 1 aromatic heterocycles. The molecule has 0 unspecified atom stereocenters. The van der Waals surface area contributed by atoms with Gasteiger partial charge in [-0.2, -0.15) is 0 Å². The van der Waals surface area contributed by atoms with Crippen LogP contribution in [-0.2, 0) is 4.79 Å². The Labute approximate surface area is 174 Å². The Balaban J connectivity index is 1.43. The molecule has 1 aromatic carbocycles. The summed E-state index contributed by atoms with van der Waals surface area (Å²) in [6.07, 6.45) is 8.20. The lowest BCUT2D eigenvalue weighted by atomic mass is 9.97. The lowest BCUT2D eigenvalue weighted by Gasteiger charge is -2.14. The number of hydrogen-bond donors (Lipinski definition) is 2. The van der Waals surface area contributed by atoms with Gasteiger partial charge in [0.2, 0.25) is 11.0 Å². The van der Waals surface area contributed by atoms with Crippen molar-refractivity contribution >= 4 is 39.8 Å². The van der Waals surface area contributed by atoms with Crippen molar-refractivity contribution in [2.45, 2.75) is 48.6 Å². The Morgan fingerprint density at radius 1 is 1.29 bits per heavy atom. The summed E-state index contributed by atoms with van der Waals surface area (Å²) in [4.78, 5) is 12.3. The lowest BCUT2D eigenvalue weighted by molar-refractivity contribution is -0.120. The Kier molecular flexibility index (Phi) is 7.73. The number of carbonyl (C=O) groups is 1. The summed E-state index contributed by atoms with van der Waals surface area (Å²) < 4.78 is 5.93. The fourth-order valence-corrected chi connectivity index (χ4v) is 4.87. The van der Waals surface area contributed by atoms with Crippen LogP contribution in [0.15, 0.2) is 40.3 Å². The van der Waals surface area contributed by atoms with Gasteiger partial charge in [0, 0.05) is 12.2 Å². The second kappa shape index (κ2) is 10.5. The molecule has 0 saturated carbocycles. The quantitative estimate of drug-likeness (QED) is 0.451. The molecule has 0 saturated heterocycles. The maximum Gasteiger partial charge on any atom is 0.233 e. The van der Waals surface area contributed by atoms with E-state index in [1.54, 1.807) is 7.11 Å². The number of aromatic nitrogens is 2. The summed E-state index contributed by atoms with van der Waals surface area (Å²) in [5.74, 6) is 0.847. The van der Waals surface area contributed by atoms with E-state index in [4.69, 9.17) is 4.74 Å². The number of allylic oxidation sites excluding steroid dienone is 1. The second-order valence-electron chi connectivity index (χ2n) is 6.64. The largest absolute Gasteiger partial charge is 0.497 e. The molecule has 8 heteroatoms. The maximum absolute atomic E-state index is 12.3. The molecule has 28 heavy (non-hydrogen) atoms. The summed E-state index contributed by atoms with van der Waals surface area (Å²) in [6, 6.07) is 7.61. The molecule has 0 radical (unpaired) electrons. The van der Waals surface area contributed by atoms with E-state index >= 15 is 0 Å². The molecular formula is C20H26N4O2S2. The summed E-state index contributed by atoms with van der Waals surface area (Å²) in [7, 11) is 1.64. The smallest absolute Gasteiger partial charge is 0.233 e. The predicted molar refractivity (Wildman–Crippen MR) is 116 cm³/mol. The average molecular weight is 419 g/mol. The van der Waals surface area contributed by atoms with Crippen LogP contribution in [-0.4, -0.2) is 35.0 Å². The minimum absolute atomic E-state index is 0.0428. The molecule has 1 aliphatic carbocycles. The third kappa shape index (κ3) is 6.24. The van der Waals surface area contributed by atoms with E-state index in [1.165, 1.54) is 54.4 Å². The van der Waals surface area contributed by atoms with Crippen molar-refractivity contribution in [1.29, 1.82) is 0 Å². The number of hydrogen-bond acceptors (Lipinski definition) is 7. The van der Waals surface area contributed by atoms with Gasteiger partial charge in [-0.1, -0.05) is 34.7 Å². The SMILES string of the molecule is COc1ccc(Nc2nnc(S[C@H](C)C(=O)NCCC3=CCCCC3)s2)cc1. The molecule has 2 N–H and O–H groups in total. The van der Waals surface area contributed by atoms with Gasteiger partial charge in [-0.15, -0.1) is 10.2 Å². The van der Waals surface area contributed by atoms with Gasteiger partial charge < -0.3 is 15.4 Å². The van der Waals surface area contributed by atoms with Gasteiger partial charge in [-0.05, 0) is 63.3 Å². The molecule has 3 rings (SSSR count). The Morgan fingerprint density at radius 2 is 2.11 bits per heavy atom. The molecular weight excluding hydrogens is 392 g/mol. The molecule has 1 aliphatic rings. The van der Waals surface area contributed by atoms with Crippen LogP contribution >= 0.6 is 23.1 Å². The standard InChI is InChI=1S/C20H26N4O2S2/c1-14(18(25)21-13-12-15-6-4-3-5-7-15)27-20-24-23-19(28-20)22-16-8-10-17(26-2)11-9-16/h6,8-11,14H,3-5,7,12-13H2,1-2H3,(H,21,25)(H,22,23)/t14-/m1/s1. The summed E-state index contributed by atoms with van der Waals surface area (Å²) in [5, 5.41) is 15.1. The highest BCUT2D eigenvalue weighted by Gasteiger charge is 2.17. The minimum Gasteiger partial charge on any atom is -0.497 e. The van der Waals surface area contributed by atoms with E-state index in [1.807, 2.05) is 31.2 Å². The summed E-state index contributed by atoms with van der Waals surface area (Å²) in [5.41, 5.74) is 2.39. The summed E-state index contributed by atoms with van der Waals surface area (Å²) >= 11 is 2.87. The van der Waals surface area contributed by atoms with E-state index in [0.717, 1.165) is 22.2 Å². The number of anilines is 2. The van der Waals surface area contributed by atoms with Gasteiger partial charge in [-0.3, -0.25) is 4.79 Å². The van der Waals surface area contributed by atoms with Gasteiger partial charge in [-0.25, -0.2) is 0 Å². The number of nitrogens with zero attached hydrogens (tertiary/aromatic N) is 2. The number of nitrogens with one attached hydrogen (secondary N) is 2. The number of amides is 1. The first kappa shape index (κ1) is 20.7. The topological polar surface area (TPSA) is 76.1 Å². The highest BCUT2D eigenvalue weighted by molar-refractivity contribution is 8.02. The van der Waals surface area contributed by atoms with Crippen molar-refractivity contribution in [2.75, 3.05) is 19.0 Å². The van der Waals surface area contributed by atoms with Crippen molar-refractivity contribution in [3.63, 3.8) is 0 Å². The first-order chi connectivity index (χ1) is 13.6. The first-order valence-corrected chi connectivity index (χ1v) is 11.2. The monoisotopic (exact) mass is 418 g/mol. The highest BCUT2D eigenvalue weighted by atomic mass is 32.2. The third-order valence-corrected chi connectivity index (χ3v) is 6.55. The zero-order valence-corrected chi connectivity index (χ0v) is 17.9. The number of thioether (sulfide) groups is 1. The lowest BCUT2D eigenvalue weighted by Crippen LogP contribution is -2.31. The predicted octanol–water partition coefficient (Wildman–Crippen LogP) is 4.78. The molecule has 6 nitrogen and oxygen atoms in total. The molecule has 150 valence electrons. The van der Waals surface area contributed by atoms with Crippen LogP contribution in [0, 0.1) is 0 Å². The molecule has 1 atom stereocenters. The molecule has 0 spiro atoms. The second-order valence-corrected chi connectivity index (χ2v) is 9.20. The first-order valence-electron chi connectivity index (χ1n) is 9.51.